The number of methoxy groups -OCH3 is 1. The number of aromatic carboxylic acids is 1. The van der Waals surface area contributed by atoms with Crippen LogP contribution in [0.1, 0.15) is 24.3 Å². The largest absolute Gasteiger partial charge is 0.476 e. The number of rotatable bonds is 8. The lowest BCUT2D eigenvalue weighted by molar-refractivity contribution is -0.133. The predicted octanol–water partition coefficient (Wildman–Crippen LogP) is 0.107. The number of carbonyl (C=O) groups excluding carboxylic acids is 1. The van der Waals surface area contributed by atoms with Crippen LogP contribution < -0.4 is 0 Å². The van der Waals surface area contributed by atoms with Gasteiger partial charge in [0.25, 0.3) is 0 Å². The fourth-order valence-electron chi connectivity index (χ4n) is 1.67. The number of ether oxygens (including phenoxy) is 1. The number of aromatic nitrogens is 3. The molecule has 1 rings (SSSR count). The number of carboxylic acids is 1. The van der Waals surface area contributed by atoms with Gasteiger partial charge in [0, 0.05) is 20.2 Å². The molecule has 0 unspecified atom stereocenters. The van der Waals surface area contributed by atoms with Crippen LogP contribution in [0, 0.1) is 5.92 Å². The van der Waals surface area contributed by atoms with Gasteiger partial charge in [-0.05, 0) is 5.92 Å². The predicted molar refractivity (Wildman–Crippen MR) is 70.3 cm³/mol. The lowest BCUT2D eigenvalue weighted by Gasteiger charge is -2.24. The van der Waals surface area contributed by atoms with Crippen molar-refractivity contribution in [1.82, 2.24) is 19.9 Å². The highest BCUT2D eigenvalue weighted by Crippen LogP contribution is 2.02. The van der Waals surface area contributed by atoms with Crippen LogP contribution in [0.4, 0.5) is 0 Å². The summed E-state index contributed by atoms with van der Waals surface area (Å²) < 4.78 is 6.21. The van der Waals surface area contributed by atoms with Gasteiger partial charge in [-0.15, -0.1) is 5.10 Å². The van der Waals surface area contributed by atoms with E-state index in [1.807, 2.05) is 13.8 Å². The fourth-order valence-corrected chi connectivity index (χ4v) is 1.67. The Morgan fingerprint density at radius 3 is 2.70 bits per heavy atom. The van der Waals surface area contributed by atoms with E-state index in [1.54, 1.807) is 12.0 Å². The molecule has 1 N–H and O–H groups in total. The van der Waals surface area contributed by atoms with Crippen molar-refractivity contribution in [3.8, 4) is 0 Å². The maximum Gasteiger partial charge on any atom is 0.358 e. The van der Waals surface area contributed by atoms with Gasteiger partial charge in [0.15, 0.2) is 5.69 Å². The van der Waals surface area contributed by atoms with Gasteiger partial charge in [-0.2, -0.15) is 0 Å². The molecule has 1 aromatic rings. The van der Waals surface area contributed by atoms with E-state index in [0.717, 1.165) is 0 Å². The zero-order valence-corrected chi connectivity index (χ0v) is 11.9. The van der Waals surface area contributed by atoms with Crippen molar-refractivity contribution in [3.05, 3.63) is 11.9 Å². The molecule has 8 nitrogen and oxygen atoms in total. The van der Waals surface area contributed by atoms with Gasteiger partial charge in [-0.1, -0.05) is 19.1 Å². The zero-order valence-electron chi connectivity index (χ0n) is 11.9. The first-order valence-corrected chi connectivity index (χ1v) is 6.34. The molecule has 0 aliphatic heterocycles. The average molecular weight is 284 g/mol. The summed E-state index contributed by atoms with van der Waals surface area (Å²) >= 11 is 0. The van der Waals surface area contributed by atoms with E-state index in [1.165, 1.54) is 10.9 Å². The maximum atomic E-state index is 12.2. The zero-order chi connectivity index (χ0) is 15.1. The first kappa shape index (κ1) is 16.1. The SMILES string of the molecule is COCCN(CC(C)C)C(=O)Cn1cc(C(=O)O)nn1. The topological polar surface area (TPSA) is 97.5 Å². The average Bonchev–Trinajstić information content (AvgIpc) is 2.82. The first-order valence-electron chi connectivity index (χ1n) is 6.34. The highest BCUT2D eigenvalue weighted by molar-refractivity contribution is 5.84. The summed E-state index contributed by atoms with van der Waals surface area (Å²) in [6.07, 6.45) is 1.24. The molecule has 0 aliphatic carbocycles. The highest BCUT2D eigenvalue weighted by atomic mass is 16.5. The monoisotopic (exact) mass is 284 g/mol. The van der Waals surface area contributed by atoms with E-state index in [-0.39, 0.29) is 18.1 Å². The Bertz CT molecular complexity index is 458. The summed E-state index contributed by atoms with van der Waals surface area (Å²) in [7, 11) is 1.58. The first-order chi connectivity index (χ1) is 9.43. The summed E-state index contributed by atoms with van der Waals surface area (Å²) in [6.45, 7) is 5.57. The van der Waals surface area contributed by atoms with Crippen LogP contribution in [0.2, 0.25) is 0 Å². The molecule has 0 fully saturated rings. The maximum absolute atomic E-state index is 12.2. The summed E-state index contributed by atoms with van der Waals surface area (Å²) in [6, 6.07) is 0. The van der Waals surface area contributed by atoms with Crippen molar-refractivity contribution in [2.75, 3.05) is 26.8 Å². The van der Waals surface area contributed by atoms with E-state index >= 15 is 0 Å². The molecule has 0 radical (unpaired) electrons. The molecule has 1 aromatic heterocycles. The Hall–Kier alpha value is -1.96. The van der Waals surface area contributed by atoms with Crippen LogP contribution in [0.15, 0.2) is 6.20 Å². The third-order valence-corrected chi connectivity index (χ3v) is 2.56. The Balaban J connectivity index is 2.65. The molecule has 0 atom stereocenters. The van der Waals surface area contributed by atoms with Crippen LogP contribution in [-0.4, -0.2) is 63.7 Å². The number of carboxylic acid groups (broad SMARTS) is 1. The van der Waals surface area contributed by atoms with Crippen LogP contribution >= 0.6 is 0 Å². The summed E-state index contributed by atoms with van der Waals surface area (Å²) in [5, 5.41) is 15.8. The van der Waals surface area contributed by atoms with Crippen molar-refractivity contribution in [2.45, 2.75) is 20.4 Å². The van der Waals surface area contributed by atoms with Gasteiger partial charge in [0.2, 0.25) is 5.91 Å². The van der Waals surface area contributed by atoms with E-state index in [0.29, 0.717) is 25.6 Å². The van der Waals surface area contributed by atoms with Crippen molar-refractivity contribution in [3.63, 3.8) is 0 Å². The van der Waals surface area contributed by atoms with E-state index in [4.69, 9.17) is 9.84 Å². The molecule has 0 saturated carbocycles. The molecular formula is C12H20N4O4. The standard InChI is InChI=1S/C12H20N4O4/c1-9(2)6-15(4-5-20-3)11(17)8-16-7-10(12(18)19)13-14-16/h7,9H,4-6,8H2,1-3H3,(H,18,19). The van der Waals surface area contributed by atoms with Crippen molar-refractivity contribution < 1.29 is 19.4 Å². The highest BCUT2D eigenvalue weighted by Gasteiger charge is 2.17. The van der Waals surface area contributed by atoms with Gasteiger partial charge in [-0.25, -0.2) is 9.48 Å². The van der Waals surface area contributed by atoms with Crippen molar-refractivity contribution >= 4 is 11.9 Å². The molecule has 0 spiro atoms. The third-order valence-electron chi connectivity index (χ3n) is 2.56. The molecule has 20 heavy (non-hydrogen) atoms. The Morgan fingerprint density at radius 2 is 2.20 bits per heavy atom. The summed E-state index contributed by atoms with van der Waals surface area (Å²) in [5.41, 5.74) is -0.176. The molecule has 112 valence electrons. The van der Waals surface area contributed by atoms with Crippen LogP contribution in [0.3, 0.4) is 0 Å². The second-order valence-electron chi connectivity index (χ2n) is 4.83. The Kier molecular flexibility index (Phi) is 6.10. The quantitative estimate of drug-likeness (QED) is 0.727. The van der Waals surface area contributed by atoms with Crippen molar-refractivity contribution in [2.24, 2.45) is 5.92 Å². The number of nitrogens with zero attached hydrogens (tertiary/aromatic N) is 4. The summed E-state index contributed by atoms with van der Waals surface area (Å²) in [4.78, 5) is 24.5. The van der Waals surface area contributed by atoms with E-state index in [2.05, 4.69) is 10.3 Å². The second-order valence-corrected chi connectivity index (χ2v) is 4.83. The molecule has 0 bridgehead atoms. The lowest BCUT2D eigenvalue weighted by Crippen LogP contribution is -2.38. The molecule has 1 amide bonds. The number of hydrogen-bond acceptors (Lipinski definition) is 5. The minimum atomic E-state index is -1.16. The molecular weight excluding hydrogens is 264 g/mol. The molecule has 1 heterocycles. The van der Waals surface area contributed by atoms with E-state index < -0.39 is 5.97 Å². The third kappa shape index (κ3) is 4.96. The van der Waals surface area contributed by atoms with Gasteiger partial charge in [0.1, 0.15) is 6.54 Å². The van der Waals surface area contributed by atoms with E-state index in [9.17, 15) is 9.59 Å². The summed E-state index contributed by atoms with van der Waals surface area (Å²) in [5.74, 6) is -0.971. The fraction of sp³-hybridized carbons (Fsp3) is 0.667. The molecule has 0 aromatic carbocycles. The van der Waals surface area contributed by atoms with Crippen LogP contribution in [0.25, 0.3) is 0 Å². The van der Waals surface area contributed by atoms with Gasteiger partial charge < -0.3 is 14.7 Å². The smallest absolute Gasteiger partial charge is 0.358 e. The minimum absolute atomic E-state index is 0.0310. The molecule has 0 aliphatic rings. The van der Waals surface area contributed by atoms with Crippen molar-refractivity contribution in [1.29, 1.82) is 0 Å². The minimum Gasteiger partial charge on any atom is -0.476 e. The van der Waals surface area contributed by atoms with Crippen LogP contribution in [-0.2, 0) is 16.1 Å². The lowest BCUT2D eigenvalue weighted by atomic mass is 10.2. The van der Waals surface area contributed by atoms with Gasteiger partial charge >= 0.3 is 5.97 Å². The van der Waals surface area contributed by atoms with Gasteiger partial charge in [0.05, 0.1) is 12.8 Å². The number of amides is 1. The Labute approximate surface area is 117 Å². The van der Waals surface area contributed by atoms with Crippen LogP contribution in [0.5, 0.6) is 0 Å². The Morgan fingerprint density at radius 1 is 1.50 bits per heavy atom. The number of hydrogen-bond donors (Lipinski definition) is 1. The normalized spacial score (nSPS) is 10.8. The number of carbonyl (C=O) groups is 2. The molecule has 8 heteroatoms. The molecule has 0 saturated heterocycles. The van der Waals surface area contributed by atoms with Gasteiger partial charge in [-0.3, -0.25) is 4.79 Å². The second kappa shape index (κ2) is 7.59.